The van der Waals surface area contributed by atoms with Gasteiger partial charge in [-0.2, -0.15) is 0 Å². The lowest BCUT2D eigenvalue weighted by Crippen LogP contribution is -2.33. The average molecular weight is 471 g/mol. The first kappa shape index (κ1) is 24.5. The van der Waals surface area contributed by atoms with Gasteiger partial charge in [-0.25, -0.2) is 4.79 Å². The van der Waals surface area contributed by atoms with E-state index < -0.39 is 5.60 Å². The van der Waals surface area contributed by atoms with E-state index in [-0.39, 0.29) is 23.3 Å². The second-order valence-electron chi connectivity index (χ2n) is 10.3. The molecule has 2 aromatic carbocycles. The van der Waals surface area contributed by atoms with E-state index in [1.807, 2.05) is 98.6 Å². The Balaban J connectivity index is 1.68. The number of rotatable bonds is 7. The maximum absolute atomic E-state index is 13.9. The van der Waals surface area contributed by atoms with E-state index in [1.165, 1.54) is 0 Å². The molecule has 2 amide bonds. The summed E-state index contributed by atoms with van der Waals surface area (Å²) in [5, 5.41) is 0. The molecule has 1 aliphatic carbocycles. The van der Waals surface area contributed by atoms with Crippen LogP contribution in [-0.4, -0.2) is 29.0 Å². The zero-order valence-electron chi connectivity index (χ0n) is 20.9. The van der Waals surface area contributed by atoms with Crippen molar-refractivity contribution in [1.29, 1.82) is 0 Å². The minimum Gasteiger partial charge on any atom is -0.443 e. The number of benzene rings is 2. The molecule has 5 nitrogen and oxygen atoms in total. The second-order valence-corrected chi connectivity index (χ2v) is 10.3. The fourth-order valence-electron chi connectivity index (χ4n) is 4.59. The van der Waals surface area contributed by atoms with Crippen LogP contribution < -0.4 is 4.90 Å². The highest BCUT2D eigenvalue weighted by Gasteiger charge is 2.55. The van der Waals surface area contributed by atoms with Crippen LogP contribution in [0.3, 0.4) is 0 Å². The first-order valence-electron chi connectivity index (χ1n) is 12.1. The van der Waals surface area contributed by atoms with Crippen molar-refractivity contribution in [2.24, 2.45) is 11.3 Å². The molecule has 0 saturated heterocycles. The number of anilines is 1. The van der Waals surface area contributed by atoms with Gasteiger partial charge in [-0.05, 0) is 50.8 Å². The van der Waals surface area contributed by atoms with E-state index in [4.69, 9.17) is 4.74 Å². The van der Waals surface area contributed by atoms with Gasteiger partial charge in [-0.15, -0.1) is 13.2 Å². The molecular formula is C30H34N2O3. The van der Waals surface area contributed by atoms with Crippen LogP contribution in [0.2, 0.25) is 0 Å². The second kappa shape index (κ2) is 9.57. The van der Waals surface area contributed by atoms with Crippen LogP contribution in [0.5, 0.6) is 0 Å². The monoisotopic (exact) mass is 470 g/mol. The number of carbonyl (C=O) groups excluding carboxylic acids is 2. The van der Waals surface area contributed by atoms with Gasteiger partial charge in [0.15, 0.2) is 0 Å². The summed E-state index contributed by atoms with van der Waals surface area (Å²) in [5.74, 6) is -0.117. The van der Waals surface area contributed by atoms with E-state index in [0.29, 0.717) is 19.5 Å². The van der Waals surface area contributed by atoms with Crippen molar-refractivity contribution in [2.75, 3.05) is 11.4 Å². The summed E-state index contributed by atoms with van der Waals surface area (Å²) in [6.45, 7) is 14.5. The zero-order valence-corrected chi connectivity index (χ0v) is 20.9. The Morgan fingerprint density at radius 1 is 1.09 bits per heavy atom. The quantitative estimate of drug-likeness (QED) is 0.430. The molecule has 0 spiro atoms. The Kier molecular flexibility index (Phi) is 6.70. The minimum atomic E-state index is -0.558. The Labute approximate surface area is 208 Å². The highest BCUT2D eigenvalue weighted by atomic mass is 16.6. The third-order valence-corrected chi connectivity index (χ3v) is 6.66. The topological polar surface area (TPSA) is 49.9 Å². The summed E-state index contributed by atoms with van der Waals surface area (Å²) in [4.78, 5) is 30.0. The fourth-order valence-corrected chi connectivity index (χ4v) is 4.59. The number of para-hydroxylation sites is 1. The number of ether oxygens (including phenoxy) is 1. The minimum absolute atomic E-state index is 0.0590. The van der Waals surface area contributed by atoms with E-state index in [0.717, 1.165) is 28.8 Å². The number of hydrogen-bond donors (Lipinski definition) is 0. The highest BCUT2D eigenvalue weighted by molar-refractivity contribution is 6.00. The largest absolute Gasteiger partial charge is 0.443 e. The van der Waals surface area contributed by atoms with Crippen molar-refractivity contribution in [3.8, 4) is 0 Å². The molecular weight excluding hydrogens is 436 g/mol. The molecule has 1 fully saturated rings. The molecule has 0 radical (unpaired) electrons. The first-order chi connectivity index (χ1) is 16.7. The number of nitrogens with zero attached hydrogens (tertiary/aromatic N) is 2. The lowest BCUT2D eigenvalue weighted by Gasteiger charge is -2.27. The molecule has 0 aromatic heterocycles. The predicted molar refractivity (Wildman–Crippen MR) is 141 cm³/mol. The molecule has 0 bridgehead atoms. The van der Waals surface area contributed by atoms with Gasteiger partial charge < -0.3 is 9.64 Å². The zero-order chi connectivity index (χ0) is 25.2. The van der Waals surface area contributed by atoms with Crippen molar-refractivity contribution >= 4 is 23.3 Å². The van der Waals surface area contributed by atoms with Crippen LogP contribution >= 0.6 is 0 Å². The van der Waals surface area contributed by atoms with Crippen LogP contribution in [-0.2, 0) is 16.1 Å². The molecule has 1 unspecified atom stereocenters. The van der Waals surface area contributed by atoms with Crippen molar-refractivity contribution in [1.82, 2.24) is 4.90 Å². The van der Waals surface area contributed by atoms with Gasteiger partial charge >= 0.3 is 6.09 Å². The van der Waals surface area contributed by atoms with Crippen LogP contribution in [0.15, 0.2) is 86.1 Å². The SMILES string of the molecule is C=CC1(C=C)CC1C(=O)N(Cc1ccccc1)c1ccccc1C1=CN(C(=O)OC(C)(C)C)CC1. The highest BCUT2D eigenvalue weighted by Crippen LogP contribution is 2.56. The molecule has 1 aliphatic heterocycles. The molecule has 0 N–H and O–H groups in total. The number of carbonyl (C=O) groups is 2. The van der Waals surface area contributed by atoms with Crippen LogP contribution in [0, 0.1) is 11.3 Å². The van der Waals surface area contributed by atoms with E-state index in [9.17, 15) is 9.59 Å². The van der Waals surface area contributed by atoms with Gasteiger partial charge in [0, 0.05) is 23.7 Å². The summed E-state index contributed by atoms with van der Waals surface area (Å²) < 4.78 is 5.55. The number of hydrogen-bond acceptors (Lipinski definition) is 3. The number of amides is 2. The summed E-state index contributed by atoms with van der Waals surface area (Å²) >= 11 is 0. The van der Waals surface area contributed by atoms with Crippen molar-refractivity contribution in [2.45, 2.75) is 45.8 Å². The Bertz CT molecular complexity index is 1150. The van der Waals surface area contributed by atoms with Gasteiger partial charge in [0.25, 0.3) is 0 Å². The van der Waals surface area contributed by atoms with Gasteiger partial charge in [0.2, 0.25) is 5.91 Å². The van der Waals surface area contributed by atoms with Crippen molar-refractivity contribution in [3.05, 3.63) is 97.2 Å². The maximum Gasteiger partial charge on any atom is 0.414 e. The standard InChI is InChI=1S/C30H34N2O3/c1-6-30(7-2)19-25(30)27(33)32(20-22-13-9-8-10-14-22)26-16-12-11-15-24(26)23-17-18-31(21-23)28(34)35-29(3,4)5/h6-16,21,25H,1-2,17-20H2,3-5H3. The lowest BCUT2D eigenvalue weighted by molar-refractivity contribution is -0.120. The van der Waals surface area contributed by atoms with E-state index in [2.05, 4.69) is 13.2 Å². The molecule has 2 aromatic rings. The first-order valence-corrected chi connectivity index (χ1v) is 12.1. The van der Waals surface area contributed by atoms with Crippen LogP contribution in [0.4, 0.5) is 10.5 Å². The molecule has 1 atom stereocenters. The normalized spacial score (nSPS) is 18.4. The van der Waals surface area contributed by atoms with E-state index >= 15 is 0 Å². The Morgan fingerprint density at radius 3 is 2.37 bits per heavy atom. The lowest BCUT2D eigenvalue weighted by atomic mass is 10.00. The van der Waals surface area contributed by atoms with Gasteiger partial charge in [-0.3, -0.25) is 9.69 Å². The Hall–Kier alpha value is -3.60. The summed E-state index contributed by atoms with van der Waals surface area (Å²) in [6.07, 6.45) is 6.59. The summed E-state index contributed by atoms with van der Waals surface area (Å²) in [6, 6.07) is 17.9. The number of allylic oxidation sites excluding steroid dienone is 2. The van der Waals surface area contributed by atoms with Gasteiger partial charge in [0.1, 0.15) is 5.60 Å². The van der Waals surface area contributed by atoms with Gasteiger partial charge in [-0.1, -0.05) is 60.7 Å². The molecule has 1 heterocycles. The van der Waals surface area contributed by atoms with Crippen molar-refractivity contribution < 1.29 is 14.3 Å². The third-order valence-electron chi connectivity index (χ3n) is 6.66. The summed E-state index contributed by atoms with van der Waals surface area (Å²) in [5.41, 5.74) is 2.94. The smallest absolute Gasteiger partial charge is 0.414 e. The average Bonchev–Trinajstić information content (AvgIpc) is 3.37. The third kappa shape index (κ3) is 5.24. The molecule has 1 saturated carbocycles. The van der Waals surface area contributed by atoms with E-state index in [1.54, 1.807) is 4.90 Å². The molecule has 35 heavy (non-hydrogen) atoms. The molecule has 4 rings (SSSR count). The Morgan fingerprint density at radius 2 is 1.74 bits per heavy atom. The molecule has 182 valence electrons. The predicted octanol–water partition coefficient (Wildman–Crippen LogP) is 6.58. The molecule has 2 aliphatic rings. The van der Waals surface area contributed by atoms with Crippen LogP contribution in [0.1, 0.15) is 44.7 Å². The summed E-state index contributed by atoms with van der Waals surface area (Å²) in [7, 11) is 0. The van der Waals surface area contributed by atoms with Crippen LogP contribution in [0.25, 0.3) is 5.57 Å². The molecule has 5 heteroatoms. The fraction of sp³-hybridized carbons (Fsp3) is 0.333. The van der Waals surface area contributed by atoms with Gasteiger partial charge in [0.05, 0.1) is 18.2 Å². The maximum atomic E-state index is 13.9. The van der Waals surface area contributed by atoms with Crippen molar-refractivity contribution in [3.63, 3.8) is 0 Å².